The van der Waals surface area contributed by atoms with Crippen molar-refractivity contribution in [3.05, 3.63) is 43.9 Å². The van der Waals surface area contributed by atoms with Crippen molar-refractivity contribution in [2.75, 3.05) is 25.1 Å². The van der Waals surface area contributed by atoms with E-state index >= 15 is 0 Å². The summed E-state index contributed by atoms with van der Waals surface area (Å²) in [6.45, 7) is 8.45. The van der Waals surface area contributed by atoms with Gasteiger partial charge in [-0.05, 0) is 30.1 Å². The number of hydrogen-bond acceptors (Lipinski definition) is 8. The molecule has 3 rings (SSSR count). The maximum atomic E-state index is 11.1. The second kappa shape index (κ2) is 11.5. The lowest BCUT2D eigenvalue weighted by Gasteiger charge is -2.15. The third kappa shape index (κ3) is 7.16. The Balaban J connectivity index is 1.61. The molecular weight excluding hydrogens is 523 g/mol. The van der Waals surface area contributed by atoms with Crippen molar-refractivity contribution in [2.24, 2.45) is 0 Å². The normalized spacial score (nSPS) is 11.7. The Morgan fingerprint density at radius 2 is 1.91 bits per heavy atom. The first-order chi connectivity index (χ1) is 16.0. The number of anilines is 1. The van der Waals surface area contributed by atoms with Gasteiger partial charge in [-0.3, -0.25) is 10.1 Å². The van der Waals surface area contributed by atoms with Gasteiger partial charge in [-0.2, -0.15) is 15.0 Å². The van der Waals surface area contributed by atoms with Gasteiger partial charge >= 0.3 is 5.69 Å². The van der Waals surface area contributed by atoms with Crippen LogP contribution in [0.3, 0.4) is 0 Å². The number of nitrogens with one attached hydrogen (secondary N) is 1. The van der Waals surface area contributed by atoms with E-state index in [4.69, 9.17) is 44.3 Å². The van der Waals surface area contributed by atoms with Crippen LogP contribution in [0, 0.1) is 10.1 Å². The van der Waals surface area contributed by atoms with Crippen LogP contribution in [0.4, 0.5) is 11.5 Å². The fourth-order valence-corrected chi connectivity index (χ4v) is 4.34. The van der Waals surface area contributed by atoms with E-state index in [-0.39, 0.29) is 28.6 Å². The molecule has 0 aliphatic carbocycles. The zero-order chi connectivity index (χ0) is 24.9. The SMILES string of the molecule is C[Si](C)(C)CCOCn1cc(Cl)c2c(NCCCOc3nc(Cl)ccc3[N+](=O)[O-])nc(Cl)nc21. The zero-order valence-corrected chi connectivity index (χ0v) is 22.2. The summed E-state index contributed by atoms with van der Waals surface area (Å²) in [5, 5.41) is 15.6. The van der Waals surface area contributed by atoms with Crippen molar-refractivity contribution in [2.45, 2.75) is 38.8 Å². The number of aromatic nitrogens is 4. The number of halogens is 3. The Morgan fingerprint density at radius 1 is 1.15 bits per heavy atom. The van der Waals surface area contributed by atoms with Crippen molar-refractivity contribution in [3.63, 3.8) is 0 Å². The lowest BCUT2D eigenvalue weighted by molar-refractivity contribution is -0.386. The van der Waals surface area contributed by atoms with Crippen LogP contribution in [0.2, 0.25) is 41.1 Å². The van der Waals surface area contributed by atoms with Crippen LogP contribution in [0.15, 0.2) is 18.3 Å². The first kappa shape index (κ1) is 26.4. The van der Waals surface area contributed by atoms with E-state index < -0.39 is 13.0 Å². The molecule has 0 saturated heterocycles. The lowest BCUT2D eigenvalue weighted by Crippen LogP contribution is -2.22. The van der Waals surface area contributed by atoms with Crippen molar-refractivity contribution in [1.82, 2.24) is 19.5 Å². The average molecular weight is 548 g/mol. The Hall–Kier alpha value is -2.18. The molecule has 0 spiro atoms. The number of rotatable bonds is 12. The molecule has 14 heteroatoms. The number of pyridine rings is 1. The minimum Gasteiger partial charge on any atom is -0.473 e. The maximum absolute atomic E-state index is 11.1. The number of ether oxygens (including phenoxy) is 2. The minimum atomic E-state index is -1.19. The third-order valence-electron chi connectivity index (χ3n) is 4.72. The van der Waals surface area contributed by atoms with E-state index in [0.717, 1.165) is 6.04 Å². The molecule has 0 aromatic carbocycles. The predicted octanol–water partition coefficient (Wildman–Crippen LogP) is 5.89. The monoisotopic (exact) mass is 546 g/mol. The summed E-state index contributed by atoms with van der Waals surface area (Å²) in [5.41, 5.74) is 0.317. The predicted molar refractivity (Wildman–Crippen MR) is 136 cm³/mol. The van der Waals surface area contributed by atoms with Crippen molar-refractivity contribution < 1.29 is 14.4 Å². The molecule has 3 aromatic heterocycles. The van der Waals surface area contributed by atoms with Crippen molar-refractivity contribution in [3.8, 4) is 5.88 Å². The van der Waals surface area contributed by atoms with E-state index in [9.17, 15) is 10.1 Å². The third-order valence-corrected chi connectivity index (χ3v) is 7.09. The molecule has 34 heavy (non-hydrogen) atoms. The first-order valence-electron chi connectivity index (χ1n) is 10.5. The van der Waals surface area contributed by atoms with Gasteiger partial charge in [0.25, 0.3) is 5.88 Å². The van der Waals surface area contributed by atoms with Crippen molar-refractivity contribution >= 4 is 65.4 Å². The number of hydrogen-bond donors (Lipinski definition) is 1. The molecule has 1 N–H and O–H groups in total. The van der Waals surface area contributed by atoms with Crippen LogP contribution in [-0.2, 0) is 11.5 Å². The number of fused-ring (bicyclic) bond motifs is 1. The number of nitrogens with zero attached hydrogens (tertiary/aromatic N) is 5. The highest BCUT2D eigenvalue weighted by Gasteiger charge is 2.18. The summed E-state index contributed by atoms with van der Waals surface area (Å²) >= 11 is 18.4. The second-order valence-corrected chi connectivity index (χ2v) is 15.4. The fourth-order valence-electron chi connectivity index (χ4n) is 2.98. The highest BCUT2D eigenvalue weighted by molar-refractivity contribution is 6.76. The van der Waals surface area contributed by atoms with Gasteiger partial charge in [0.2, 0.25) is 5.28 Å². The van der Waals surface area contributed by atoms with Crippen LogP contribution in [-0.4, -0.2) is 52.3 Å². The summed E-state index contributed by atoms with van der Waals surface area (Å²) < 4.78 is 13.1. The quantitative estimate of drug-likeness (QED) is 0.0745. The maximum Gasteiger partial charge on any atom is 0.331 e. The van der Waals surface area contributed by atoms with Crippen LogP contribution >= 0.6 is 34.8 Å². The van der Waals surface area contributed by atoms with Gasteiger partial charge in [-0.15, -0.1) is 0 Å². The Bertz CT molecular complexity index is 1170. The zero-order valence-electron chi connectivity index (χ0n) is 19.0. The van der Waals surface area contributed by atoms with E-state index in [1.807, 2.05) is 0 Å². The highest BCUT2D eigenvalue weighted by atomic mass is 35.5. The van der Waals surface area contributed by atoms with Gasteiger partial charge in [0.05, 0.1) is 21.9 Å². The van der Waals surface area contributed by atoms with E-state index in [0.29, 0.717) is 48.2 Å². The van der Waals surface area contributed by atoms with E-state index in [1.54, 1.807) is 10.8 Å². The molecule has 0 fully saturated rings. The summed E-state index contributed by atoms with van der Waals surface area (Å²) in [7, 11) is -1.19. The topological polar surface area (TPSA) is 117 Å². The molecule has 3 heterocycles. The van der Waals surface area contributed by atoms with Crippen LogP contribution in [0.25, 0.3) is 11.0 Å². The molecule has 0 bridgehead atoms. The highest BCUT2D eigenvalue weighted by Crippen LogP contribution is 2.31. The van der Waals surface area contributed by atoms with Gasteiger partial charge < -0.3 is 19.4 Å². The van der Waals surface area contributed by atoms with Crippen LogP contribution < -0.4 is 10.1 Å². The molecule has 0 radical (unpaired) electrons. The van der Waals surface area contributed by atoms with Gasteiger partial charge in [0, 0.05) is 33.5 Å². The standard InChI is InChI=1S/C20H25Cl3N6O4Si/c1-34(2,3)10-9-32-12-28-11-13(21)16-17(26-20(23)27-18(16)28)24-7-4-8-33-19-14(29(30)31)5-6-15(22)25-19/h5-6,11H,4,7-10,12H2,1-3H3,(H,24,26,27). The largest absolute Gasteiger partial charge is 0.473 e. The first-order valence-corrected chi connectivity index (χ1v) is 15.4. The van der Waals surface area contributed by atoms with Crippen LogP contribution in [0.5, 0.6) is 5.88 Å². The van der Waals surface area contributed by atoms with Gasteiger partial charge in [-0.25, -0.2) is 0 Å². The van der Waals surface area contributed by atoms with Crippen LogP contribution in [0.1, 0.15) is 6.42 Å². The molecule has 10 nitrogen and oxygen atoms in total. The molecule has 3 aromatic rings. The Morgan fingerprint density at radius 3 is 2.62 bits per heavy atom. The molecular formula is C20H25Cl3N6O4Si. The summed E-state index contributed by atoms with van der Waals surface area (Å²) in [6, 6.07) is 3.65. The summed E-state index contributed by atoms with van der Waals surface area (Å²) in [6.07, 6.45) is 2.23. The lowest BCUT2D eigenvalue weighted by atomic mass is 10.3. The van der Waals surface area contributed by atoms with E-state index in [1.165, 1.54) is 12.1 Å². The average Bonchev–Trinajstić information content (AvgIpc) is 3.05. The summed E-state index contributed by atoms with van der Waals surface area (Å²) in [5.74, 6) is 0.354. The Kier molecular flexibility index (Phi) is 8.93. The minimum absolute atomic E-state index is 0.0723. The Labute approximate surface area is 212 Å². The molecule has 0 saturated carbocycles. The molecule has 0 unspecified atom stereocenters. The fraction of sp³-hybridized carbons (Fsp3) is 0.450. The molecule has 0 aliphatic rings. The van der Waals surface area contributed by atoms with Gasteiger partial charge in [-0.1, -0.05) is 42.8 Å². The molecule has 184 valence electrons. The van der Waals surface area contributed by atoms with E-state index in [2.05, 4.69) is 39.9 Å². The molecule has 0 aliphatic heterocycles. The molecule has 0 atom stereocenters. The second-order valence-electron chi connectivity index (χ2n) is 8.68. The molecule has 0 amide bonds. The van der Waals surface area contributed by atoms with Crippen molar-refractivity contribution in [1.29, 1.82) is 0 Å². The number of nitro groups is 1. The van der Waals surface area contributed by atoms with Gasteiger partial charge in [0.1, 0.15) is 17.7 Å². The smallest absolute Gasteiger partial charge is 0.331 e. The summed E-state index contributed by atoms with van der Waals surface area (Å²) in [4.78, 5) is 23.0. The van der Waals surface area contributed by atoms with Gasteiger partial charge in [0.15, 0.2) is 5.65 Å².